The predicted octanol–water partition coefficient (Wildman–Crippen LogP) is 3.71. The summed E-state index contributed by atoms with van der Waals surface area (Å²) in [5.41, 5.74) is 0. The van der Waals surface area contributed by atoms with E-state index in [2.05, 4.69) is 52.2 Å². The van der Waals surface area contributed by atoms with Crippen molar-refractivity contribution in [1.82, 2.24) is 15.5 Å². The van der Waals surface area contributed by atoms with Crippen molar-refractivity contribution in [1.29, 1.82) is 0 Å². The second-order valence-electron chi connectivity index (χ2n) is 10.2. The molecule has 0 spiro atoms. The lowest BCUT2D eigenvalue weighted by molar-refractivity contribution is -0.138. The van der Waals surface area contributed by atoms with Crippen LogP contribution in [0.5, 0.6) is 0 Å². The Morgan fingerprint density at radius 3 is 2.12 bits per heavy atom. The molecule has 6 unspecified atom stereocenters. The molecule has 0 fully saturated rings. The normalized spacial score (nSPS) is 17.3. The van der Waals surface area contributed by atoms with Gasteiger partial charge in [0.05, 0.1) is 18.2 Å². The fourth-order valence-electron chi connectivity index (χ4n) is 5.03. The predicted molar refractivity (Wildman–Crippen MR) is 136 cm³/mol. The van der Waals surface area contributed by atoms with Gasteiger partial charge in [-0.25, -0.2) is 0 Å². The van der Waals surface area contributed by atoms with Crippen LogP contribution in [-0.4, -0.2) is 76.4 Å². The van der Waals surface area contributed by atoms with Crippen molar-refractivity contribution in [2.75, 3.05) is 34.9 Å². The van der Waals surface area contributed by atoms with Gasteiger partial charge in [-0.2, -0.15) is 0 Å². The Bertz CT molecular complexity index is 530. The van der Waals surface area contributed by atoms with E-state index in [-0.39, 0.29) is 36.1 Å². The monoisotopic (exact) mass is 471 g/mol. The topological polar surface area (TPSA) is 79.9 Å². The molecule has 0 aliphatic rings. The average Bonchev–Trinajstić information content (AvgIpc) is 2.78. The van der Waals surface area contributed by atoms with E-state index in [4.69, 9.17) is 9.47 Å². The summed E-state index contributed by atoms with van der Waals surface area (Å²) in [6.45, 7) is 13.7. The molecule has 7 heteroatoms. The van der Waals surface area contributed by atoms with Crippen molar-refractivity contribution in [3.63, 3.8) is 0 Å². The van der Waals surface area contributed by atoms with Gasteiger partial charge in [-0.1, -0.05) is 48.0 Å². The summed E-state index contributed by atoms with van der Waals surface area (Å²) >= 11 is 0. The van der Waals surface area contributed by atoms with Crippen molar-refractivity contribution in [3.8, 4) is 0 Å². The molecule has 0 saturated heterocycles. The first kappa shape index (κ1) is 31.8. The fourth-order valence-corrected chi connectivity index (χ4v) is 5.03. The summed E-state index contributed by atoms with van der Waals surface area (Å²) in [6, 6.07) is 0.132. The number of likely N-dealkylation sites (N-methyl/N-ethyl adjacent to an activating group) is 1. The number of rotatable bonds is 19. The molecule has 0 saturated carbocycles. The maximum atomic E-state index is 13.3. The molecule has 0 rings (SSSR count). The molecule has 0 aromatic carbocycles. The number of methoxy groups -OCH3 is 2. The third-order valence-corrected chi connectivity index (χ3v) is 7.23. The zero-order valence-electron chi connectivity index (χ0n) is 23.0. The van der Waals surface area contributed by atoms with E-state index in [1.54, 1.807) is 14.2 Å². The summed E-state index contributed by atoms with van der Waals surface area (Å²) in [5.74, 6) is 1.46. The van der Waals surface area contributed by atoms with Gasteiger partial charge in [-0.15, -0.1) is 0 Å². The maximum Gasteiger partial charge on any atom is 0.224 e. The highest BCUT2D eigenvalue weighted by Crippen LogP contribution is 2.31. The van der Waals surface area contributed by atoms with Crippen molar-refractivity contribution in [2.24, 2.45) is 23.7 Å². The van der Waals surface area contributed by atoms with E-state index >= 15 is 0 Å². The van der Waals surface area contributed by atoms with Gasteiger partial charge in [0.2, 0.25) is 12.3 Å². The van der Waals surface area contributed by atoms with Crippen LogP contribution < -0.4 is 10.6 Å². The van der Waals surface area contributed by atoms with Gasteiger partial charge in [0.1, 0.15) is 0 Å². The van der Waals surface area contributed by atoms with E-state index in [1.807, 2.05) is 19.0 Å². The first-order valence-corrected chi connectivity index (χ1v) is 12.7. The van der Waals surface area contributed by atoms with Crippen molar-refractivity contribution >= 4 is 12.3 Å². The van der Waals surface area contributed by atoms with E-state index < -0.39 is 0 Å². The Morgan fingerprint density at radius 2 is 1.70 bits per heavy atom. The van der Waals surface area contributed by atoms with Crippen LogP contribution in [-0.2, 0) is 19.1 Å². The van der Waals surface area contributed by atoms with Crippen LogP contribution in [0.25, 0.3) is 0 Å². The molecule has 0 heterocycles. The summed E-state index contributed by atoms with van der Waals surface area (Å²) in [7, 11) is 7.38. The number of nitrogens with one attached hydrogen (secondary N) is 2. The van der Waals surface area contributed by atoms with E-state index in [1.165, 1.54) is 0 Å². The van der Waals surface area contributed by atoms with E-state index in [0.29, 0.717) is 30.7 Å². The van der Waals surface area contributed by atoms with Gasteiger partial charge in [-0.3, -0.25) is 9.59 Å². The van der Waals surface area contributed by atoms with Gasteiger partial charge in [0.25, 0.3) is 0 Å². The highest BCUT2D eigenvalue weighted by molar-refractivity contribution is 5.77. The zero-order chi connectivity index (χ0) is 25.6. The molecule has 0 aliphatic carbocycles. The number of hydrogen-bond acceptors (Lipinski definition) is 5. The quantitative estimate of drug-likeness (QED) is 0.222. The Hall–Kier alpha value is -1.18. The zero-order valence-corrected chi connectivity index (χ0v) is 23.0. The largest absolute Gasteiger partial charge is 0.381 e. The lowest BCUT2D eigenvalue weighted by Crippen LogP contribution is -2.51. The molecule has 7 nitrogen and oxygen atoms in total. The van der Waals surface area contributed by atoms with Crippen LogP contribution >= 0.6 is 0 Å². The minimum Gasteiger partial charge on any atom is -0.381 e. The first-order valence-electron chi connectivity index (χ1n) is 12.7. The number of hydrogen-bond donors (Lipinski definition) is 2. The number of nitrogens with zero attached hydrogens (tertiary/aromatic N) is 1. The smallest absolute Gasteiger partial charge is 0.224 e. The van der Waals surface area contributed by atoms with Crippen molar-refractivity contribution in [2.45, 2.75) is 97.9 Å². The molecule has 2 amide bonds. The van der Waals surface area contributed by atoms with E-state index in [0.717, 1.165) is 32.1 Å². The first-order chi connectivity index (χ1) is 15.6. The van der Waals surface area contributed by atoms with Crippen LogP contribution in [0.4, 0.5) is 0 Å². The highest BCUT2D eigenvalue weighted by Gasteiger charge is 2.36. The number of carbonyl (C=O) groups is 2. The Labute approximate surface area is 203 Å². The molecule has 0 radical (unpaired) electrons. The van der Waals surface area contributed by atoms with Gasteiger partial charge >= 0.3 is 0 Å². The van der Waals surface area contributed by atoms with Crippen molar-refractivity contribution in [3.05, 3.63) is 0 Å². The van der Waals surface area contributed by atoms with Crippen LogP contribution in [0.3, 0.4) is 0 Å². The molecule has 0 bridgehead atoms. The molecule has 2 N–H and O–H groups in total. The molecule has 196 valence electrons. The lowest BCUT2D eigenvalue weighted by atomic mass is 9.81. The molecule has 0 aromatic heterocycles. The molecular weight excluding hydrogens is 418 g/mol. The van der Waals surface area contributed by atoms with Crippen LogP contribution in [0.2, 0.25) is 0 Å². The van der Waals surface area contributed by atoms with Gasteiger partial charge in [0.15, 0.2) is 0 Å². The Morgan fingerprint density at radius 1 is 1.06 bits per heavy atom. The Balaban J connectivity index is 5.75. The Kier molecular flexibility index (Phi) is 16.7. The summed E-state index contributed by atoms with van der Waals surface area (Å²) in [4.78, 5) is 25.9. The molecule has 0 aromatic rings. The van der Waals surface area contributed by atoms with Crippen LogP contribution in [0.15, 0.2) is 0 Å². The summed E-state index contributed by atoms with van der Waals surface area (Å²) < 4.78 is 12.0. The van der Waals surface area contributed by atoms with Crippen LogP contribution in [0, 0.1) is 23.7 Å². The van der Waals surface area contributed by atoms with Gasteiger partial charge < -0.3 is 25.0 Å². The van der Waals surface area contributed by atoms with Gasteiger partial charge in [0, 0.05) is 40.3 Å². The van der Waals surface area contributed by atoms with Crippen LogP contribution in [0.1, 0.15) is 73.6 Å². The molecule has 0 aliphatic heterocycles. The second-order valence-corrected chi connectivity index (χ2v) is 10.2. The number of carbonyl (C=O) groups excluding carboxylic acids is 2. The third kappa shape index (κ3) is 10.7. The van der Waals surface area contributed by atoms with E-state index in [9.17, 15) is 9.59 Å². The molecule has 6 atom stereocenters. The lowest BCUT2D eigenvalue weighted by Gasteiger charge is -2.41. The minimum atomic E-state index is -0.0959. The molecule has 33 heavy (non-hydrogen) atoms. The maximum absolute atomic E-state index is 13.3. The fraction of sp³-hybridized carbons (Fsp3) is 0.923. The standard InChI is InChI=1S/C26H53N3O4/c1-11-20(6)25(29(8)24(31)16-22(27-7)18(2)3)23(32-9)15-21(13-12-14-28-17-30)26(33-10)19(4)5/h17-23,25-27H,11-16H2,1-10H3,(H,28,30). The summed E-state index contributed by atoms with van der Waals surface area (Å²) in [6.07, 6.45) is 4.80. The van der Waals surface area contributed by atoms with Gasteiger partial charge in [-0.05, 0) is 50.0 Å². The molecular formula is C26H53N3O4. The highest BCUT2D eigenvalue weighted by atomic mass is 16.5. The van der Waals surface area contributed by atoms with Crippen molar-refractivity contribution < 1.29 is 19.1 Å². The SMILES string of the molecule is CCC(C)C(C(CC(CCCNC=O)C(OC)C(C)C)OC)N(C)C(=O)CC(NC)C(C)C. The second kappa shape index (κ2) is 17.3. The third-order valence-electron chi connectivity index (χ3n) is 7.23. The summed E-state index contributed by atoms with van der Waals surface area (Å²) in [5, 5.41) is 6.05. The minimum absolute atomic E-state index is 0.0163. The number of ether oxygens (including phenoxy) is 2. The average molecular weight is 472 g/mol. The number of amides is 2.